The number of nitrogens with zero attached hydrogens (tertiary/aromatic N) is 3. The van der Waals surface area contributed by atoms with Crippen molar-refractivity contribution in [1.82, 2.24) is 15.1 Å². The van der Waals surface area contributed by atoms with Crippen LogP contribution in [0.3, 0.4) is 0 Å². The number of nitrogens with one attached hydrogen (secondary N) is 1. The molecule has 0 radical (unpaired) electrons. The summed E-state index contributed by atoms with van der Waals surface area (Å²) in [7, 11) is 6.49. The fourth-order valence-electron chi connectivity index (χ4n) is 4.91. The fraction of sp³-hybridized carbons (Fsp3) is 0.452. The summed E-state index contributed by atoms with van der Waals surface area (Å²) < 4.78 is 23.6. The Bertz CT molecular complexity index is 1400. The van der Waals surface area contributed by atoms with E-state index in [1.165, 1.54) is 11.8 Å². The first-order chi connectivity index (χ1) is 20.1. The number of methoxy groups -OCH3 is 4. The Hall–Kier alpha value is -3.70. The summed E-state index contributed by atoms with van der Waals surface area (Å²) in [6.45, 7) is 7.12. The molecule has 10 nitrogen and oxygen atoms in total. The SMILES string of the molecule is COCCCNC(=O)CN1C(=O)CSC(c2cc(OC)ccc2OC)c2c(C(C)(C)C)nn(-c3ccc(OC)cc3)c21. The zero-order valence-corrected chi connectivity index (χ0v) is 26.2. The number of amides is 2. The molecule has 1 N–H and O–H groups in total. The Morgan fingerprint density at radius 3 is 2.33 bits per heavy atom. The van der Waals surface area contributed by atoms with Crippen LogP contribution in [0.15, 0.2) is 42.5 Å². The van der Waals surface area contributed by atoms with E-state index in [1.54, 1.807) is 38.0 Å². The van der Waals surface area contributed by atoms with Crippen LogP contribution in [0.5, 0.6) is 17.2 Å². The van der Waals surface area contributed by atoms with Gasteiger partial charge in [0, 0.05) is 36.8 Å². The number of aromatic nitrogens is 2. The maximum atomic E-state index is 13.9. The van der Waals surface area contributed by atoms with Gasteiger partial charge in [0.25, 0.3) is 0 Å². The van der Waals surface area contributed by atoms with E-state index in [0.717, 1.165) is 22.5 Å². The minimum absolute atomic E-state index is 0.146. The van der Waals surface area contributed by atoms with E-state index >= 15 is 0 Å². The first-order valence-electron chi connectivity index (χ1n) is 13.8. The van der Waals surface area contributed by atoms with Crippen molar-refractivity contribution >= 4 is 29.4 Å². The Labute approximate surface area is 251 Å². The summed E-state index contributed by atoms with van der Waals surface area (Å²) in [5.41, 5.74) is 2.88. The van der Waals surface area contributed by atoms with Crippen LogP contribution < -0.4 is 24.4 Å². The quantitative estimate of drug-likeness (QED) is 0.323. The van der Waals surface area contributed by atoms with Crippen LogP contribution in [0.2, 0.25) is 0 Å². The lowest BCUT2D eigenvalue weighted by Crippen LogP contribution is -2.42. The van der Waals surface area contributed by atoms with E-state index in [0.29, 0.717) is 42.6 Å². The minimum Gasteiger partial charge on any atom is -0.497 e. The standard InChI is InChI=1S/C31H40N4O6S/c1-31(2,3)29-27-28(23-17-22(40-6)13-14-24(23)41-7)42-19-26(37)34(18-25(36)32-15-8-16-38-4)30(27)35(33-29)20-9-11-21(39-5)12-10-20/h9-14,17,28H,8,15-16,18-19H2,1-7H3,(H,32,36). The van der Waals surface area contributed by atoms with Crippen LogP contribution in [0, 0.1) is 0 Å². The highest BCUT2D eigenvalue weighted by molar-refractivity contribution is 8.00. The molecule has 0 fully saturated rings. The number of ether oxygens (including phenoxy) is 4. The number of hydrogen-bond donors (Lipinski definition) is 1. The maximum Gasteiger partial charge on any atom is 0.240 e. The van der Waals surface area contributed by atoms with Gasteiger partial charge < -0.3 is 24.3 Å². The second kappa shape index (κ2) is 13.5. The van der Waals surface area contributed by atoms with Crippen molar-refractivity contribution in [3.05, 3.63) is 59.3 Å². The van der Waals surface area contributed by atoms with Crippen LogP contribution in [-0.4, -0.2) is 75.5 Å². The van der Waals surface area contributed by atoms with E-state index < -0.39 is 5.41 Å². The highest BCUT2D eigenvalue weighted by Gasteiger charge is 2.40. The van der Waals surface area contributed by atoms with Crippen molar-refractivity contribution in [2.75, 3.05) is 58.8 Å². The van der Waals surface area contributed by atoms with Crippen LogP contribution in [0.1, 0.15) is 49.3 Å². The Morgan fingerprint density at radius 2 is 1.71 bits per heavy atom. The number of anilines is 1. The Kier molecular flexibility index (Phi) is 10.1. The van der Waals surface area contributed by atoms with E-state index in [2.05, 4.69) is 26.1 Å². The van der Waals surface area contributed by atoms with Crippen molar-refractivity contribution in [3.8, 4) is 22.9 Å². The van der Waals surface area contributed by atoms with Crippen molar-refractivity contribution in [1.29, 1.82) is 0 Å². The monoisotopic (exact) mass is 596 g/mol. The molecule has 2 heterocycles. The van der Waals surface area contributed by atoms with Gasteiger partial charge in [-0.3, -0.25) is 14.5 Å². The number of carbonyl (C=O) groups excluding carboxylic acids is 2. The smallest absolute Gasteiger partial charge is 0.240 e. The van der Waals surface area contributed by atoms with Gasteiger partial charge in [0.2, 0.25) is 11.8 Å². The van der Waals surface area contributed by atoms with Crippen LogP contribution in [-0.2, 0) is 19.7 Å². The molecule has 11 heteroatoms. The average molecular weight is 597 g/mol. The molecule has 0 aliphatic carbocycles. The van der Waals surface area contributed by atoms with Crippen LogP contribution in [0.25, 0.3) is 5.69 Å². The van der Waals surface area contributed by atoms with Gasteiger partial charge in [0.05, 0.1) is 43.7 Å². The molecule has 0 bridgehead atoms. The van der Waals surface area contributed by atoms with Crippen LogP contribution >= 0.6 is 11.8 Å². The minimum atomic E-state index is -0.395. The average Bonchev–Trinajstić information content (AvgIpc) is 3.33. The van der Waals surface area contributed by atoms with Crippen LogP contribution in [0.4, 0.5) is 5.82 Å². The number of thioether (sulfide) groups is 1. The molecule has 1 aromatic heterocycles. The predicted octanol–water partition coefficient (Wildman–Crippen LogP) is 4.52. The first-order valence-corrected chi connectivity index (χ1v) is 14.8. The van der Waals surface area contributed by atoms with Crippen molar-refractivity contribution in [2.45, 2.75) is 37.9 Å². The topological polar surface area (TPSA) is 104 Å². The van der Waals surface area contributed by atoms with Crippen molar-refractivity contribution in [3.63, 3.8) is 0 Å². The summed E-state index contributed by atoms with van der Waals surface area (Å²) in [4.78, 5) is 28.6. The summed E-state index contributed by atoms with van der Waals surface area (Å²) in [5.74, 6) is 2.32. The van der Waals surface area contributed by atoms with Gasteiger partial charge in [0.1, 0.15) is 29.6 Å². The van der Waals surface area contributed by atoms with Gasteiger partial charge in [-0.1, -0.05) is 20.8 Å². The molecular weight excluding hydrogens is 556 g/mol. The molecule has 1 aliphatic rings. The predicted molar refractivity (Wildman–Crippen MR) is 165 cm³/mol. The fourth-order valence-corrected chi connectivity index (χ4v) is 6.12. The van der Waals surface area contributed by atoms with E-state index in [4.69, 9.17) is 24.0 Å². The van der Waals surface area contributed by atoms with E-state index in [1.807, 2.05) is 42.5 Å². The molecule has 1 aliphatic heterocycles. The number of carbonyl (C=O) groups is 2. The molecule has 2 amide bonds. The third-order valence-corrected chi connectivity index (χ3v) is 8.22. The van der Waals surface area contributed by atoms with Crippen molar-refractivity contribution in [2.24, 2.45) is 0 Å². The van der Waals surface area contributed by atoms with E-state index in [9.17, 15) is 9.59 Å². The second-order valence-electron chi connectivity index (χ2n) is 10.9. The molecular formula is C31H40N4O6S. The highest BCUT2D eigenvalue weighted by atomic mass is 32.2. The normalized spacial score (nSPS) is 15.2. The van der Waals surface area contributed by atoms with Gasteiger partial charge >= 0.3 is 0 Å². The summed E-state index contributed by atoms with van der Waals surface area (Å²) in [6, 6.07) is 13.2. The van der Waals surface area contributed by atoms with Crippen molar-refractivity contribution < 1.29 is 28.5 Å². The van der Waals surface area contributed by atoms with Gasteiger partial charge in [-0.05, 0) is 48.9 Å². The zero-order chi connectivity index (χ0) is 30.4. The number of fused-ring (bicyclic) bond motifs is 1. The lowest BCUT2D eigenvalue weighted by molar-refractivity contribution is -0.122. The highest BCUT2D eigenvalue weighted by Crippen LogP contribution is 2.51. The molecule has 1 unspecified atom stereocenters. The second-order valence-corrected chi connectivity index (χ2v) is 12.0. The molecule has 226 valence electrons. The Morgan fingerprint density at radius 1 is 1.02 bits per heavy atom. The van der Waals surface area contributed by atoms with Gasteiger partial charge in [-0.25, -0.2) is 4.68 Å². The lowest BCUT2D eigenvalue weighted by atomic mass is 9.87. The molecule has 0 saturated carbocycles. The number of hydrogen-bond acceptors (Lipinski definition) is 8. The zero-order valence-electron chi connectivity index (χ0n) is 25.4. The molecule has 2 aromatic carbocycles. The van der Waals surface area contributed by atoms with E-state index in [-0.39, 0.29) is 29.4 Å². The molecule has 42 heavy (non-hydrogen) atoms. The first kappa shape index (κ1) is 31.2. The number of rotatable bonds is 11. The van der Waals surface area contributed by atoms with Gasteiger partial charge in [0.15, 0.2) is 0 Å². The largest absolute Gasteiger partial charge is 0.497 e. The summed E-state index contributed by atoms with van der Waals surface area (Å²) in [5, 5.41) is 7.72. The molecule has 4 rings (SSSR count). The molecule has 0 saturated heterocycles. The molecule has 0 spiro atoms. The number of benzene rings is 2. The van der Waals surface area contributed by atoms with Gasteiger partial charge in [-0.2, -0.15) is 5.10 Å². The third-order valence-electron chi connectivity index (χ3n) is 6.98. The maximum absolute atomic E-state index is 13.9. The lowest BCUT2D eigenvalue weighted by Gasteiger charge is -2.25. The van der Waals surface area contributed by atoms with Gasteiger partial charge in [-0.15, -0.1) is 11.8 Å². The summed E-state index contributed by atoms with van der Waals surface area (Å²) >= 11 is 1.49. The Balaban J connectivity index is 1.96. The third kappa shape index (κ3) is 6.68. The molecule has 3 aromatic rings. The summed E-state index contributed by atoms with van der Waals surface area (Å²) in [6.07, 6.45) is 0.674. The molecule has 1 atom stereocenters.